The van der Waals surface area contributed by atoms with Gasteiger partial charge in [0.2, 0.25) is 0 Å². The van der Waals surface area contributed by atoms with Crippen LogP contribution < -0.4 is 5.32 Å². The molecule has 0 amide bonds. The van der Waals surface area contributed by atoms with Crippen LogP contribution in [0.5, 0.6) is 0 Å². The van der Waals surface area contributed by atoms with E-state index in [9.17, 15) is 9.50 Å². The molecule has 0 radical (unpaired) electrons. The van der Waals surface area contributed by atoms with Gasteiger partial charge in [-0.25, -0.2) is 14.4 Å². The van der Waals surface area contributed by atoms with E-state index in [1.807, 2.05) is 24.3 Å². The van der Waals surface area contributed by atoms with E-state index < -0.39 is 11.9 Å². The van der Waals surface area contributed by atoms with Crippen molar-refractivity contribution >= 4 is 22.5 Å². The Morgan fingerprint density at radius 1 is 1.04 bits per heavy atom. The molecule has 2 heterocycles. The molecule has 7 heteroatoms. The summed E-state index contributed by atoms with van der Waals surface area (Å²) in [6, 6.07) is 15.0. The van der Waals surface area contributed by atoms with Gasteiger partial charge >= 0.3 is 0 Å². The maximum atomic E-state index is 13.5. The Labute approximate surface area is 142 Å². The van der Waals surface area contributed by atoms with E-state index in [1.54, 1.807) is 24.4 Å². The number of aliphatic hydroxyl groups is 1. The monoisotopic (exact) mass is 335 g/mol. The fourth-order valence-electron chi connectivity index (χ4n) is 2.59. The lowest BCUT2D eigenvalue weighted by Crippen LogP contribution is -2.08. The molecule has 0 aliphatic carbocycles. The summed E-state index contributed by atoms with van der Waals surface area (Å²) in [5.41, 5.74) is 1.06. The van der Waals surface area contributed by atoms with E-state index in [4.69, 9.17) is 0 Å². The first kappa shape index (κ1) is 15.2. The number of aromatic nitrogens is 4. The Hall–Kier alpha value is -3.32. The molecule has 0 aliphatic heterocycles. The van der Waals surface area contributed by atoms with Crippen molar-refractivity contribution in [2.45, 2.75) is 6.10 Å². The van der Waals surface area contributed by atoms with Gasteiger partial charge in [0.1, 0.15) is 23.6 Å². The first-order valence-corrected chi connectivity index (χ1v) is 7.67. The minimum absolute atomic E-state index is 0.186. The summed E-state index contributed by atoms with van der Waals surface area (Å²) in [6.07, 6.45) is 0.483. The number of nitrogens with zero attached hydrogens (tertiary/aromatic N) is 3. The summed E-state index contributed by atoms with van der Waals surface area (Å²) in [5.74, 6) is 0.954. The molecule has 1 atom stereocenters. The minimum Gasteiger partial charge on any atom is -0.380 e. The lowest BCUT2D eigenvalue weighted by molar-refractivity contribution is 0.210. The van der Waals surface area contributed by atoms with Crippen LogP contribution in [0.25, 0.3) is 10.9 Å². The van der Waals surface area contributed by atoms with Gasteiger partial charge in [0.15, 0.2) is 5.82 Å². The number of benzene rings is 2. The standard InChI is InChI=1S/C18H14FN5O/c19-12-5-3-4-11(10-12)16(25)18-21-14-7-2-1-6-13(14)17(23-18)22-15-8-9-20-24-15/h1-10,16,25H,(H2,20,21,22,23,24). The number of aromatic amines is 1. The third-order valence-electron chi connectivity index (χ3n) is 3.78. The number of H-pyrrole nitrogens is 1. The van der Waals surface area contributed by atoms with Gasteiger partial charge in [0.25, 0.3) is 0 Å². The van der Waals surface area contributed by atoms with E-state index in [1.165, 1.54) is 12.1 Å². The molecule has 25 heavy (non-hydrogen) atoms. The summed E-state index contributed by atoms with van der Waals surface area (Å²) in [4.78, 5) is 8.86. The SMILES string of the molecule is OC(c1cccc(F)c1)c1nc(Nc2ccn[nH]2)c2ccccc2n1. The van der Waals surface area contributed by atoms with E-state index in [0.29, 0.717) is 22.7 Å². The number of fused-ring (bicyclic) bond motifs is 1. The van der Waals surface area contributed by atoms with Gasteiger partial charge in [0, 0.05) is 11.5 Å². The normalized spacial score (nSPS) is 12.2. The fraction of sp³-hybridized carbons (Fsp3) is 0.0556. The average molecular weight is 335 g/mol. The lowest BCUT2D eigenvalue weighted by Gasteiger charge is -2.14. The van der Waals surface area contributed by atoms with Crippen molar-refractivity contribution in [1.82, 2.24) is 20.2 Å². The highest BCUT2D eigenvalue weighted by molar-refractivity contribution is 5.90. The third-order valence-corrected chi connectivity index (χ3v) is 3.78. The number of nitrogens with one attached hydrogen (secondary N) is 2. The lowest BCUT2D eigenvalue weighted by atomic mass is 10.1. The van der Waals surface area contributed by atoms with E-state index in [0.717, 1.165) is 5.39 Å². The van der Waals surface area contributed by atoms with Crippen molar-refractivity contribution < 1.29 is 9.50 Å². The number of halogens is 1. The molecular formula is C18H14FN5O. The summed E-state index contributed by atoms with van der Waals surface area (Å²) in [6.45, 7) is 0. The topological polar surface area (TPSA) is 86.7 Å². The number of hydrogen-bond acceptors (Lipinski definition) is 5. The molecule has 6 nitrogen and oxygen atoms in total. The smallest absolute Gasteiger partial charge is 0.164 e. The second-order valence-electron chi connectivity index (χ2n) is 5.50. The Kier molecular flexibility index (Phi) is 3.83. The maximum absolute atomic E-state index is 13.5. The Bertz CT molecular complexity index is 1020. The van der Waals surface area contributed by atoms with Crippen LogP contribution in [0.15, 0.2) is 60.8 Å². The van der Waals surface area contributed by atoms with Gasteiger partial charge < -0.3 is 10.4 Å². The van der Waals surface area contributed by atoms with Crippen LogP contribution in [-0.2, 0) is 0 Å². The largest absolute Gasteiger partial charge is 0.380 e. The van der Waals surface area contributed by atoms with Crippen LogP contribution in [0.1, 0.15) is 17.5 Å². The van der Waals surface area contributed by atoms with Crippen LogP contribution in [0.4, 0.5) is 16.0 Å². The van der Waals surface area contributed by atoms with Crippen LogP contribution >= 0.6 is 0 Å². The molecule has 0 aliphatic rings. The van der Waals surface area contributed by atoms with Gasteiger partial charge in [-0.1, -0.05) is 24.3 Å². The zero-order valence-corrected chi connectivity index (χ0v) is 13.0. The molecule has 0 saturated heterocycles. The molecule has 2 aromatic carbocycles. The predicted octanol–water partition coefficient (Wildman–Crippen LogP) is 3.32. The highest BCUT2D eigenvalue weighted by Gasteiger charge is 2.17. The number of hydrogen-bond donors (Lipinski definition) is 3. The van der Waals surface area contributed by atoms with Crippen molar-refractivity contribution in [3.8, 4) is 0 Å². The van der Waals surface area contributed by atoms with Crippen molar-refractivity contribution in [2.75, 3.05) is 5.32 Å². The summed E-state index contributed by atoms with van der Waals surface area (Å²) in [7, 11) is 0. The Balaban J connectivity index is 1.81. The quantitative estimate of drug-likeness (QED) is 0.532. The summed E-state index contributed by atoms with van der Waals surface area (Å²) in [5, 5.41) is 21.2. The van der Waals surface area contributed by atoms with Crippen LogP contribution in [-0.4, -0.2) is 25.3 Å². The predicted molar refractivity (Wildman–Crippen MR) is 91.9 cm³/mol. The van der Waals surface area contributed by atoms with E-state index >= 15 is 0 Å². The van der Waals surface area contributed by atoms with Gasteiger partial charge in [-0.05, 0) is 29.8 Å². The molecule has 124 valence electrons. The molecule has 0 fully saturated rings. The molecule has 4 rings (SSSR count). The first-order valence-electron chi connectivity index (χ1n) is 7.67. The molecule has 0 saturated carbocycles. The molecule has 4 aromatic rings. The van der Waals surface area contributed by atoms with E-state index in [-0.39, 0.29) is 5.82 Å². The van der Waals surface area contributed by atoms with Gasteiger partial charge in [-0.15, -0.1) is 0 Å². The molecule has 3 N–H and O–H groups in total. The van der Waals surface area contributed by atoms with Crippen molar-refractivity contribution in [3.05, 3.63) is 78.0 Å². The fourth-order valence-corrected chi connectivity index (χ4v) is 2.59. The van der Waals surface area contributed by atoms with Gasteiger partial charge in [-0.2, -0.15) is 5.10 Å². The van der Waals surface area contributed by atoms with Crippen LogP contribution in [0.3, 0.4) is 0 Å². The maximum Gasteiger partial charge on any atom is 0.164 e. The molecule has 0 bridgehead atoms. The zero-order valence-electron chi connectivity index (χ0n) is 13.0. The average Bonchev–Trinajstić information content (AvgIpc) is 3.14. The number of anilines is 2. The number of aliphatic hydroxyl groups excluding tert-OH is 1. The summed E-state index contributed by atoms with van der Waals surface area (Å²) >= 11 is 0. The van der Waals surface area contributed by atoms with Crippen molar-refractivity contribution in [3.63, 3.8) is 0 Å². The van der Waals surface area contributed by atoms with Crippen molar-refractivity contribution in [1.29, 1.82) is 0 Å². The molecular weight excluding hydrogens is 321 g/mol. The second-order valence-corrected chi connectivity index (χ2v) is 5.50. The summed E-state index contributed by atoms with van der Waals surface area (Å²) < 4.78 is 13.5. The number of rotatable bonds is 4. The Morgan fingerprint density at radius 3 is 2.72 bits per heavy atom. The van der Waals surface area contributed by atoms with Crippen LogP contribution in [0, 0.1) is 5.82 Å². The minimum atomic E-state index is -1.14. The third kappa shape index (κ3) is 3.05. The van der Waals surface area contributed by atoms with Gasteiger partial charge in [-0.3, -0.25) is 5.10 Å². The molecule has 1 unspecified atom stereocenters. The Morgan fingerprint density at radius 2 is 1.92 bits per heavy atom. The molecule has 2 aromatic heterocycles. The first-order chi connectivity index (χ1) is 12.2. The van der Waals surface area contributed by atoms with Crippen LogP contribution in [0.2, 0.25) is 0 Å². The second kappa shape index (κ2) is 6.29. The highest BCUT2D eigenvalue weighted by Crippen LogP contribution is 2.27. The zero-order chi connectivity index (χ0) is 17.2. The number of para-hydroxylation sites is 1. The molecule has 0 spiro atoms. The van der Waals surface area contributed by atoms with Gasteiger partial charge in [0.05, 0.1) is 11.7 Å². The van der Waals surface area contributed by atoms with E-state index in [2.05, 4.69) is 25.5 Å². The van der Waals surface area contributed by atoms with Crippen molar-refractivity contribution in [2.24, 2.45) is 0 Å². The highest BCUT2D eigenvalue weighted by atomic mass is 19.1.